The van der Waals surface area contributed by atoms with E-state index >= 15 is 0 Å². The van der Waals surface area contributed by atoms with Gasteiger partial charge in [0.25, 0.3) is 5.91 Å². The molecule has 1 amide bonds. The molecule has 0 bridgehead atoms. The molecule has 0 aliphatic carbocycles. The van der Waals surface area contributed by atoms with E-state index < -0.39 is 0 Å². The molecule has 0 spiro atoms. The number of ether oxygens (including phenoxy) is 3. The summed E-state index contributed by atoms with van der Waals surface area (Å²) in [5.41, 5.74) is 3.12. The van der Waals surface area contributed by atoms with Crippen LogP contribution in [-0.4, -0.2) is 58.6 Å². The van der Waals surface area contributed by atoms with Crippen LogP contribution in [0.4, 0.5) is 0 Å². The van der Waals surface area contributed by atoms with Gasteiger partial charge in [-0.25, -0.2) is 4.68 Å². The van der Waals surface area contributed by atoms with Gasteiger partial charge in [-0.3, -0.25) is 9.69 Å². The number of nitrogens with one attached hydrogen (secondary N) is 1. The molecule has 5 rings (SSSR count). The normalized spacial score (nSPS) is 18.6. The summed E-state index contributed by atoms with van der Waals surface area (Å²) < 4.78 is 18.9. The van der Waals surface area contributed by atoms with Crippen molar-refractivity contribution in [3.8, 4) is 11.5 Å². The summed E-state index contributed by atoms with van der Waals surface area (Å²) in [6.45, 7) is 3.71. The van der Waals surface area contributed by atoms with Crippen LogP contribution in [0.1, 0.15) is 35.9 Å². The number of hydrogen-bond donors (Lipinski definition) is 1. The van der Waals surface area contributed by atoms with Gasteiger partial charge in [-0.1, -0.05) is 35.5 Å². The van der Waals surface area contributed by atoms with E-state index in [2.05, 4.69) is 20.5 Å². The fourth-order valence-corrected chi connectivity index (χ4v) is 4.59. The molecule has 3 heterocycles. The number of rotatable bonds is 8. The van der Waals surface area contributed by atoms with Gasteiger partial charge in [-0.15, -0.1) is 5.10 Å². The van der Waals surface area contributed by atoms with Gasteiger partial charge < -0.3 is 19.5 Å². The van der Waals surface area contributed by atoms with Crippen LogP contribution < -0.4 is 14.8 Å². The number of aromatic nitrogens is 3. The van der Waals surface area contributed by atoms with Gasteiger partial charge in [0.1, 0.15) is 23.3 Å². The largest absolute Gasteiger partial charge is 0.497 e. The highest BCUT2D eigenvalue weighted by Gasteiger charge is 2.27. The zero-order chi connectivity index (χ0) is 24.0. The van der Waals surface area contributed by atoms with Crippen LogP contribution in [0, 0.1) is 0 Å². The second kappa shape index (κ2) is 10.9. The Kier molecular flexibility index (Phi) is 7.25. The van der Waals surface area contributed by atoms with Crippen LogP contribution in [-0.2, 0) is 29.2 Å². The zero-order valence-electron chi connectivity index (χ0n) is 19.9. The highest BCUT2D eigenvalue weighted by Crippen LogP contribution is 2.28. The molecule has 0 saturated carbocycles. The molecule has 3 aromatic rings. The molecule has 35 heavy (non-hydrogen) atoms. The number of para-hydroxylation sites is 1. The molecule has 2 aliphatic heterocycles. The summed E-state index contributed by atoms with van der Waals surface area (Å²) in [5, 5.41) is 11.9. The Morgan fingerprint density at radius 3 is 2.60 bits per heavy atom. The minimum absolute atomic E-state index is 0.0359. The quantitative estimate of drug-likeness (QED) is 0.533. The lowest BCUT2D eigenvalue weighted by Gasteiger charge is -2.32. The molecule has 1 fully saturated rings. The first kappa shape index (κ1) is 23.3. The summed E-state index contributed by atoms with van der Waals surface area (Å²) in [6.07, 6.45) is 1.75. The van der Waals surface area contributed by atoms with Crippen molar-refractivity contribution in [2.24, 2.45) is 0 Å². The van der Waals surface area contributed by atoms with Gasteiger partial charge >= 0.3 is 0 Å². The molecule has 2 aliphatic rings. The second-order valence-corrected chi connectivity index (χ2v) is 8.96. The molecule has 0 unspecified atom stereocenters. The first-order chi connectivity index (χ1) is 17.2. The lowest BCUT2D eigenvalue weighted by Crippen LogP contribution is -2.45. The number of likely N-dealkylation sites (tertiary alicyclic amines) is 1. The third-order valence-electron chi connectivity index (χ3n) is 6.60. The van der Waals surface area contributed by atoms with Gasteiger partial charge in [0.2, 0.25) is 0 Å². The fraction of sp³-hybridized carbons (Fsp3) is 0.423. The van der Waals surface area contributed by atoms with Crippen LogP contribution >= 0.6 is 0 Å². The Hall–Kier alpha value is -3.43. The lowest BCUT2D eigenvalue weighted by molar-refractivity contribution is -0.124. The van der Waals surface area contributed by atoms with Crippen LogP contribution in [0.2, 0.25) is 0 Å². The number of methoxy groups -OCH3 is 1. The predicted molar refractivity (Wildman–Crippen MR) is 129 cm³/mol. The lowest BCUT2D eigenvalue weighted by atomic mass is 10.0. The molecular formula is C26H31N5O4. The first-order valence-corrected chi connectivity index (χ1v) is 12.0. The minimum Gasteiger partial charge on any atom is -0.497 e. The Morgan fingerprint density at radius 2 is 1.86 bits per heavy atom. The average molecular weight is 478 g/mol. The molecule has 1 saturated heterocycles. The number of piperidine rings is 1. The third-order valence-corrected chi connectivity index (χ3v) is 6.60. The fourth-order valence-electron chi connectivity index (χ4n) is 4.59. The van der Waals surface area contributed by atoms with Gasteiger partial charge in [-0.2, -0.15) is 0 Å². The van der Waals surface area contributed by atoms with Gasteiger partial charge in [0.05, 0.1) is 26.0 Å². The van der Waals surface area contributed by atoms with E-state index in [1.54, 1.807) is 7.11 Å². The molecular weight excluding hydrogens is 446 g/mol. The number of nitrogens with zero attached hydrogens (tertiary/aromatic N) is 4. The third kappa shape index (κ3) is 5.80. The second-order valence-electron chi connectivity index (χ2n) is 8.96. The monoisotopic (exact) mass is 477 g/mol. The van der Waals surface area contributed by atoms with Crippen LogP contribution in [0.25, 0.3) is 0 Å². The summed E-state index contributed by atoms with van der Waals surface area (Å²) in [5.74, 6) is 1.45. The van der Waals surface area contributed by atoms with E-state index in [0.717, 1.165) is 55.2 Å². The molecule has 2 aromatic carbocycles. The molecule has 0 radical (unpaired) electrons. The molecule has 1 N–H and O–H groups in total. The van der Waals surface area contributed by atoms with E-state index in [1.165, 1.54) is 0 Å². The Balaban J connectivity index is 1.08. The molecule has 1 aromatic heterocycles. The van der Waals surface area contributed by atoms with Crippen molar-refractivity contribution in [3.05, 3.63) is 71.5 Å². The van der Waals surface area contributed by atoms with Crippen LogP contribution in [0.15, 0.2) is 54.6 Å². The maximum atomic E-state index is 12.3. The van der Waals surface area contributed by atoms with Gasteiger partial charge in [0, 0.05) is 25.7 Å². The highest BCUT2D eigenvalue weighted by molar-refractivity contribution is 5.77. The Bertz CT molecular complexity index is 1110. The van der Waals surface area contributed by atoms with Crippen LogP contribution in [0.3, 0.4) is 0 Å². The SMILES string of the molecule is COc1ccc([C@H]2Cn3nnc(CN4CCC(NC(=O)COc5ccccc5)CC4)c3CO2)cc1. The summed E-state index contributed by atoms with van der Waals surface area (Å²) >= 11 is 0. The maximum absolute atomic E-state index is 12.3. The van der Waals surface area contributed by atoms with Crippen molar-refractivity contribution in [1.29, 1.82) is 0 Å². The van der Waals surface area contributed by atoms with E-state index in [9.17, 15) is 4.79 Å². The summed E-state index contributed by atoms with van der Waals surface area (Å²) in [7, 11) is 1.66. The topological polar surface area (TPSA) is 90.7 Å². The van der Waals surface area contributed by atoms with E-state index in [0.29, 0.717) is 18.9 Å². The van der Waals surface area contributed by atoms with Crippen LogP contribution in [0.5, 0.6) is 11.5 Å². The number of carbonyl (C=O) groups is 1. The van der Waals surface area contributed by atoms with Crippen molar-refractivity contribution in [3.63, 3.8) is 0 Å². The highest BCUT2D eigenvalue weighted by atomic mass is 16.5. The van der Waals surface area contributed by atoms with Gasteiger partial charge in [0.15, 0.2) is 6.61 Å². The Labute approximate surface area is 205 Å². The van der Waals surface area contributed by atoms with E-state index in [-0.39, 0.29) is 24.7 Å². The van der Waals surface area contributed by atoms with Crippen molar-refractivity contribution in [2.45, 2.75) is 44.7 Å². The predicted octanol–water partition coefficient (Wildman–Crippen LogP) is 2.72. The minimum atomic E-state index is -0.0803. The van der Waals surface area contributed by atoms with Crippen molar-refractivity contribution in [2.75, 3.05) is 26.8 Å². The molecule has 184 valence electrons. The maximum Gasteiger partial charge on any atom is 0.258 e. The van der Waals surface area contributed by atoms with E-state index in [4.69, 9.17) is 14.2 Å². The number of carbonyl (C=O) groups excluding carboxylic acids is 1. The first-order valence-electron chi connectivity index (χ1n) is 12.0. The molecule has 1 atom stereocenters. The van der Waals surface area contributed by atoms with Crippen molar-refractivity contribution < 1.29 is 19.0 Å². The van der Waals surface area contributed by atoms with Crippen molar-refractivity contribution >= 4 is 5.91 Å². The average Bonchev–Trinajstić information content (AvgIpc) is 3.31. The number of benzene rings is 2. The number of fused-ring (bicyclic) bond motifs is 1. The molecule has 9 nitrogen and oxygen atoms in total. The molecule has 9 heteroatoms. The Morgan fingerprint density at radius 1 is 1.09 bits per heavy atom. The van der Waals surface area contributed by atoms with Crippen molar-refractivity contribution in [1.82, 2.24) is 25.2 Å². The standard InChI is InChI=1S/C26H31N5O4/c1-33-21-9-7-19(8-10-21)25-16-31-24(17-35-25)23(28-29-31)15-30-13-11-20(12-14-30)27-26(32)18-34-22-5-3-2-4-6-22/h2-10,20,25H,11-18H2,1H3,(H,27,32)/t25-/m1/s1. The summed E-state index contributed by atoms with van der Waals surface area (Å²) in [4.78, 5) is 14.6. The van der Waals surface area contributed by atoms with Gasteiger partial charge in [-0.05, 0) is 42.7 Å². The number of amides is 1. The zero-order valence-corrected chi connectivity index (χ0v) is 19.9. The van der Waals surface area contributed by atoms with E-state index in [1.807, 2.05) is 59.3 Å². The summed E-state index contributed by atoms with van der Waals surface area (Å²) in [6, 6.07) is 17.5. The smallest absolute Gasteiger partial charge is 0.258 e. The number of hydrogen-bond acceptors (Lipinski definition) is 7.